The number of rotatable bonds is 2. The van der Waals surface area contributed by atoms with Crippen LogP contribution in [0.15, 0.2) is 23.4 Å². The lowest BCUT2D eigenvalue weighted by Gasteiger charge is -2.07. The summed E-state index contributed by atoms with van der Waals surface area (Å²) in [6, 6.07) is 3.19. The molecule has 0 spiro atoms. The molecular weight excluding hydrogens is 176 g/mol. The van der Waals surface area contributed by atoms with Crippen molar-refractivity contribution in [1.82, 2.24) is 0 Å². The highest BCUT2D eigenvalue weighted by molar-refractivity contribution is 5.83. The van der Waals surface area contributed by atoms with Crippen LogP contribution in [0, 0.1) is 10.1 Å². The van der Waals surface area contributed by atoms with E-state index in [1.54, 1.807) is 0 Å². The van der Waals surface area contributed by atoms with Crippen molar-refractivity contribution in [3.63, 3.8) is 0 Å². The quantitative estimate of drug-likeness (QED) is 0.310. The van der Waals surface area contributed by atoms with Gasteiger partial charge in [0.05, 0.1) is 11.1 Å². The van der Waals surface area contributed by atoms with E-state index in [1.807, 2.05) is 0 Å². The molecule has 0 aromatic heterocycles. The zero-order chi connectivity index (χ0) is 9.84. The number of nitro groups is 1. The van der Waals surface area contributed by atoms with Crippen LogP contribution in [0.1, 0.15) is 5.56 Å². The number of oxime groups is 1. The summed E-state index contributed by atoms with van der Waals surface area (Å²) in [6.45, 7) is 0. The van der Waals surface area contributed by atoms with E-state index >= 15 is 0 Å². The van der Waals surface area contributed by atoms with Crippen LogP contribution in [0.5, 0.6) is 5.75 Å². The smallest absolute Gasteiger partial charge is 0.270 e. The van der Waals surface area contributed by atoms with Crippen LogP contribution in [0.3, 0.4) is 0 Å². The molecule has 0 fully saturated rings. The number of nitrogens with zero attached hydrogens (tertiary/aromatic N) is 2. The Morgan fingerprint density at radius 3 is 2.77 bits per heavy atom. The lowest BCUT2D eigenvalue weighted by molar-refractivity contribution is -0.385. The van der Waals surface area contributed by atoms with Gasteiger partial charge in [0.1, 0.15) is 0 Å². The first-order valence-electron chi connectivity index (χ1n) is 3.28. The first kappa shape index (κ1) is 8.98. The molecule has 13 heavy (non-hydrogen) atoms. The zero-order valence-electron chi connectivity index (χ0n) is 6.38. The number of non-ortho nitro benzene ring substituents is 1. The van der Waals surface area contributed by atoms with Crippen LogP contribution < -0.4 is 5.11 Å². The first-order valence-corrected chi connectivity index (χ1v) is 3.28. The van der Waals surface area contributed by atoms with E-state index in [0.717, 1.165) is 24.4 Å². The first-order chi connectivity index (χ1) is 6.15. The second-order valence-corrected chi connectivity index (χ2v) is 2.22. The lowest BCUT2D eigenvalue weighted by atomic mass is 10.2. The van der Waals surface area contributed by atoms with Crippen LogP contribution in [-0.2, 0) is 0 Å². The molecule has 0 bridgehead atoms. The lowest BCUT2D eigenvalue weighted by Crippen LogP contribution is -1.97. The molecule has 0 radical (unpaired) electrons. The number of nitro benzene ring substituents is 1. The maximum atomic E-state index is 11.0. The van der Waals surface area contributed by atoms with Gasteiger partial charge in [-0.15, -0.1) is 0 Å². The van der Waals surface area contributed by atoms with Gasteiger partial charge in [0.2, 0.25) is 0 Å². The minimum Gasteiger partial charge on any atom is -0.872 e. The molecule has 0 amide bonds. The summed E-state index contributed by atoms with van der Waals surface area (Å²) >= 11 is 0. The third-order valence-corrected chi connectivity index (χ3v) is 1.40. The topological polar surface area (TPSA) is 98.8 Å². The van der Waals surface area contributed by atoms with E-state index in [9.17, 15) is 15.2 Å². The Balaban J connectivity index is 3.18. The van der Waals surface area contributed by atoms with Crippen LogP contribution >= 0.6 is 0 Å². The Morgan fingerprint density at radius 2 is 2.23 bits per heavy atom. The molecule has 1 N–H and O–H groups in total. The monoisotopic (exact) mass is 181 g/mol. The summed E-state index contributed by atoms with van der Waals surface area (Å²) in [5.74, 6) is -0.427. The average molecular weight is 181 g/mol. The molecule has 0 aliphatic heterocycles. The molecule has 1 rings (SSSR count). The molecule has 0 unspecified atom stereocenters. The van der Waals surface area contributed by atoms with Crippen LogP contribution in [0.2, 0.25) is 0 Å². The van der Waals surface area contributed by atoms with E-state index in [-0.39, 0.29) is 11.3 Å². The largest absolute Gasteiger partial charge is 0.872 e. The summed E-state index contributed by atoms with van der Waals surface area (Å²) in [7, 11) is 0. The maximum absolute atomic E-state index is 11.0. The number of benzene rings is 1. The van der Waals surface area contributed by atoms with E-state index in [0.29, 0.717) is 0 Å². The van der Waals surface area contributed by atoms with E-state index < -0.39 is 10.7 Å². The summed E-state index contributed by atoms with van der Waals surface area (Å²) < 4.78 is 0. The van der Waals surface area contributed by atoms with Crippen molar-refractivity contribution in [2.45, 2.75) is 0 Å². The summed E-state index contributed by atoms with van der Waals surface area (Å²) in [5.41, 5.74) is -0.230. The van der Waals surface area contributed by atoms with Crippen molar-refractivity contribution >= 4 is 11.9 Å². The predicted octanol–water partition coefficient (Wildman–Crippen LogP) is 0.476. The van der Waals surface area contributed by atoms with Gasteiger partial charge in [0.25, 0.3) is 5.69 Å². The fourth-order valence-electron chi connectivity index (χ4n) is 0.813. The third-order valence-electron chi connectivity index (χ3n) is 1.40. The molecule has 6 nitrogen and oxygen atoms in total. The van der Waals surface area contributed by atoms with E-state index in [2.05, 4.69) is 5.16 Å². The Labute approximate surface area is 72.9 Å². The van der Waals surface area contributed by atoms with Crippen molar-refractivity contribution in [2.24, 2.45) is 5.16 Å². The molecule has 1 aromatic rings. The Hall–Kier alpha value is -2.11. The normalized spacial score (nSPS) is 10.5. The fraction of sp³-hybridized carbons (Fsp3) is 0. The van der Waals surface area contributed by atoms with Gasteiger partial charge < -0.3 is 10.3 Å². The van der Waals surface area contributed by atoms with Gasteiger partial charge >= 0.3 is 0 Å². The molecule has 68 valence electrons. The van der Waals surface area contributed by atoms with Crippen molar-refractivity contribution in [1.29, 1.82) is 0 Å². The summed E-state index contributed by atoms with van der Waals surface area (Å²) in [4.78, 5) is 9.63. The van der Waals surface area contributed by atoms with Crippen molar-refractivity contribution in [3.05, 3.63) is 33.9 Å². The van der Waals surface area contributed by atoms with E-state index in [4.69, 9.17) is 5.21 Å². The minimum absolute atomic E-state index is 0.0169. The average Bonchev–Trinajstić information content (AvgIpc) is 2.08. The van der Waals surface area contributed by atoms with Gasteiger partial charge in [-0.25, -0.2) is 0 Å². The highest BCUT2D eigenvalue weighted by atomic mass is 16.6. The van der Waals surface area contributed by atoms with E-state index in [1.165, 1.54) is 0 Å². The second-order valence-electron chi connectivity index (χ2n) is 2.22. The number of hydrogen-bond acceptors (Lipinski definition) is 5. The third kappa shape index (κ3) is 1.92. The summed E-state index contributed by atoms with van der Waals surface area (Å²) in [6.07, 6.45) is 0.856. The van der Waals surface area contributed by atoms with Gasteiger partial charge in [-0.2, -0.15) is 0 Å². The van der Waals surface area contributed by atoms with Gasteiger partial charge in [-0.3, -0.25) is 10.1 Å². The maximum Gasteiger partial charge on any atom is 0.270 e. The highest BCUT2D eigenvalue weighted by Gasteiger charge is 2.04. The van der Waals surface area contributed by atoms with Crippen LogP contribution in [-0.4, -0.2) is 16.3 Å². The molecule has 0 heterocycles. The minimum atomic E-state index is -0.631. The van der Waals surface area contributed by atoms with Crippen LogP contribution in [0.4, 0.5) is 5.69 Å². The number of hydrogen-bond donors (Lipinski definition) is 1. The Kier molecular flexibility index (Phi) is 2.44. The molecule has 0 aliphatic rings. The Bertz CT molecular complexity index is 362. The predicted molar refractivity (Wildman–Crippen MR) is 41.9 cm³/mol. The molecule has 0 saturated carbocycles. The molecular formula is C7H5N2O4-. The van der Waals surface area contributed by atoms with Crippen LogP contribution in [0.25, 0.3) is 0 Å². The van der Waals surface area contributed by atoms with Gasteiger partial charge in [-0.05, 0) is 5.56 Å². The molecule has 6 heteroatoms. The molecule has 1 aromatic carbocycles. The van der Waals surface area contributed by atoms with Gasteiger partial charge in [0, 0.05) is 12.1 Å². The standard InChI is InChI=1S/C7H6N2O4/c10-7-2-1-6(9(12)13)3-5(7)4-8-11/h1-4,10-11H/p-1. The Morgan fingerprint density at radius 1 is 1.54 bits per heavy atom. The molecule has 0 aliphatic carbocycles. The van der Waals surface area contributed by atoms with Crippen molar-refractivity contribution in [3.8, 4) is 5.75 Å². The SMILES string of the molecule is O=[N+]([O-])c1ccc([O-])c(C=NO)c1. The summed E-state index contributed by atoms with van der Waals surface area (Å²) in [5, 5.41) is 32.0. The van der Waals surface area contributed by atoms with Crippen molar-refractivity contribution in [2.75, 3.05) is 0 Å². The zero-order valence-corrected chi connectivity index (χ0v) is 6.38. The second kappa shape index (κ2) is 3.53. The molecule has 0 atom stereocenters. The van der Waals surface area contributed by atoms with Crippen molar-refractivity contribution < 1.29 is 15.2 Å². The molecule has 0 saturated heterocycles. The van der Waals surface area contributed by atoms with Gasteiger partial charge in [-0.1, -0.05) is 17.0 Å². The highest BCUT2D eigenvalue weighted by Crippen LogP contribution is 2.18. The fourth-order valence-corrected chi connectivity index (χ4v) is 0.813. The van der Waals surface area contributed by atoms with Gasteiger partial charge in [0.15, 0.2) is 0 Å².